The van der Waals surface area contributed by atoms with Crippen LogP contribution in [0.5, 0.6) is 0 Å². The van der Waals surface area contributed by atoms with E-state index in [1.807, 2.05) is 12.4 Å². The topological polar surface area (TPSA) is 46.3 Å². The van der Waals surface area contributed by atoms with Crippen LogP contribution in [-0.4, -0.2) is 24.4 Å². The van der Waals surface area contributed by atoms with Gasteiger partial charge < -0.3 is 10.6 Å². The van der Waals surface area contributed by atoms with Crippen LogP contribution in [0.15, 0.2) is 15.9 Å². The maximum Gasteiger partial charge on any atom is 0.227 e. The fourth-order valence-electron chi connectivity index (χ4n) is 2.07. The Balaban J connectivity index is 2.64. The summed E-state index contributed by atoms with van der Waals surface area (Å²) in [4.78, 5) is 15.4. The van der Waals surface area contributed by atoms with E-state index in [0.29, 0.717) is 13.1 Å². The number of nitrogens with zero attached hydrogens (tertiary/aromatic N) is 1. The molecule has 108 valence electrons. The van der Waals surface area contributed by atoms with Gasteiger partial charge in [0.25, 0.3) is 0 Å². The minimum absolute atomic E-state index is 0.0894. The van der Waals surface area contributed by atoms with Gasteiger partial charge in [0.1, 0.15) is 0 Å². The first-order valence-corrected chi connectivity index (χ1v) is 8.08. The van der Waals surface area contributed by atoms with Gasteiger partial charge in [0.2, 0.25) is 5.91 Å². The summed E-state index contributed by atoms with van der Waals surface area (Å²) < 4.78 is 1.07. The predicted molar refractivity (Wildman–Crippen MR) is 85.1 cm³/mol. The molecule has 0 fully saturated rings. The Morgan fingerprint density at radius 1 is 1.53 bits per heavy atom. The number of amides is 1. The Bertz CT molecular complexity index is 425. The van der Waals surface area contributed by atoms with Gasteiger partial charge in [0.15, 0.2) is 0 Å². The Labute approximate surface area is 128 Å². The van der Waals surface area contributed by atoms with E-state index < -0.39 is 0 Å². The van der Waals surface area contributed by atoms with Crippen LogP contribution in [0, 0.1) is 11.3 Å². The summed E-state index contributed by atoms with van der Waals surface area (Å²) in [5, 5.41) is 2.03. The zero-order chi connectivity index (χ0) is 14.6. The Kier molecular flexibility index (Phi) is 6.02. The fraction of sp³-hybridized carbons (Fsp3) is 0.643. The van der Waals surface area contributed by atoms with Crippen molar-refractivity contribution in [2.75, 3.05) is 13.6 Å². The largest absolute Gasteiger partial charge is 0.340 e. The third kappa shape index (κ3) is 5.63. The first-order valence-electron chi connectivity index (χ1n) is 6.41. The number of nitrogens with two attached hydrogens (primary N) is 1. The monoisotopic (exact) mass is 346 g/mol. The van der Waals surface area contributed by atoms with Crippen LogP contribution in [0.4, 0.5) is 0 Å². The second-order valence-corrected chi connectivity index (χ2v) is 8.03. The van der Waals surface area contributed by atoms with Crippen LogP contribution >= 0.6 is 27.3 Å². The van der Waals surface area contributed by atoms with Crippen molar-refractivity contribution in [2.45, 2.75) is 33.7 Å². The van der Waals surface area contributed by atoms with E-state index in [1.54, 1.807) is 16.2 Å². The molecule has 3 nitrogen and oxygen atoms in total. The van der Waals surface area contributed by atoms with Crippen molar-refractivity contribution in [2.24, 2.45) is 17.1 Å². The standard InChI is InChI=1S/C14H23BrN2OS/c1-14(2,3)6-10(7-16)13(18)17(4)8-12-5-11(15)9-19-12/h5,9-10H,6-8,16H2,1-4H3. The molecule has 1 heterocycles. The van der Waals surface area contributed by atoms with E-state index in [-0.39, 0.29) is 17.2 Å². The quantitative estimate of drug-likeness (QED) is 0.886. The molecule has 0 radical (unpaired) electrons. The highest BCUT2D eigenvalue weighted by molar-refractivity contribution is 9.10. The Morgan fingerprint density at radius 3 is 2.58 bits per heavy atom. The molecular weight excluding hydrogens is 324 g/mol. The van der Waals surface area contributed by atoms with E-state index in [1.165, 1.54) is 4.88 Å². The highest BCUT2D eigenvalue weighted by Gasteiger charge is 2.26. The number of carbonyl (C=O) groups is 1. The lowest BCUT2D eigenvalue weighted by molar-refractivity contribution is -0.135. The van der Waals surface area contributed by atoms with Crippen molar-refractivity contribution in [3.63, 3.8) is 0 Å². The van der Waals surface area contributed by atoms with Crippen molar-refractivity contribution >= 4 is 33.2 Å². The van der Waals surface area contributed by atoms with E-state index in [9.17, 15) is 4.79 Å². The van der Waals surface area contributed by atoms with Gasteiger partial charge in [-0.1, -0.05) is 20.8 Å². The van der Waals surface area contributed by atoms with Crippen LogP contribution < -0.4 is 5.73 Å². The molecule has 5 heteroatoms. The van der Waals surface area contributed by atoms with Gasteiger partial charge in [0, 0.05) is 28.3 Å². The molecule has 1 amide bonds. The van der Waals surface area contributed by atoms with Crippen molar-refractivity contribution in [1.29, 1.82) is 0 Å². The maximum atomic E-state index is 12.4. The normalized spacial score (nSPS) is 13.4. The van der Waals surface area contributed by atoms with E-state index in [4.69, 9.17) is 5.73 Å². The summed E-state index contributed by atoms with van der Waals surface area (Å²) >= 11 is 5.08. The number of hydrogen-bond acceptors (Lipinski definition) is 3. The summed E-state index contributed by atoms with van der Waals surface area (Å²) in [5.41, 5.74) is 5.88. The van der Waals surface area contributed by atoms with Crippen LogP contribution in [0.3, 0.4) is 0 Å². The Morgan fingerprint density at radius 2 is 2.16 bits per heavy atom. The second kappa shape index (κ2) is 6.86. The average Bonchev–Trinajstić information content (AvgIpc) is 2.69. The van der Waals surface area contributed by atoms with Crippen molar-refractivity contribution in [1.82, 2.24) is 4.90 Å². The third-order valence-corrected chi connectivity index (χ3v) is 4.57. The van der Waals surface area contributed by atoms with E-state index >= 15 is 0 Å². The summed E-state index contributed by atoms with van der Waals surface area (Å²) in [7, 11) is 1.85. The van der Waals surface area contributed by atoms with Gasteiger partial charge in [-0.2, -0.15) is 0 Å². The predicted octanol–water partition coefficient (Wildman–Crippen LogP) is 3.48. The zero-order valence-electron chi connectivity index (χ0n) is 12.1. The molecule has 19 heavy (non-hydrogen) atoms. The molecule has 1 rings (SSSR count). The molecule has 1 atom stereocenters. The smallest absolute Gasteiger partial charge is 0.227 e. The molecule has 1 unspecified atom stereocenters. The lowest BCUT2D eigenvalue weighted by Gasteiger charge is -2.28. The molecule has 0 aliphatic heterocycles. The van der Waals surface area contributed by atoms with Crippen LogP contribution in [-0.2, 0) is 11.3 Å². The molecule has 0 saturated carbocycles. The fourth-order valence-corrected chi connectivity index (χ4v) is 3.57. The SMILES string of the molecule is CN(Cc1cc(Br)cs1)C(=O)C(CN)CC(C)(C)C. The lowest BCUT2D eigenvalue weighted by Crippen LogP contribution is -2.38. The molecule has 0 saturated heterocycles. The van der Waals surface area contributed by atoms with Gasteiger partial charge >= 0.3 is 0 Å². The zero-order valence-corrected chi connectivity index (χ0v) is 14.5. The number of rotatable bonds is 5. The molecule has 0 aliphatic carbocycles. The second-order valence-electron chi connectivity index (χ2n) is 6.12. The number of carbonyl (C=O) groups excluding carboxylic acids is 1. The molecule has 0 spiro atoms. The third-order valence-electron chi connectivity index (χ3n) is 2.88. The molecular formula is C14H23BrN2OS. The maximum absolute atomic E-state index is 12.4. The summed E-state index contributed by atoms with van der Waals surface area (Å²) in [6, 6.07) is 2.05. The van der Waals surface area contributed by atoms with Gasteiger partial charge in [-0.15, -0.1) is 11.3 Å². The minimum Gasteiger partial charge on any atom is -0.340 e. The van der Waals surface area contributed by atoms with Crippen molar-refractivity contribution in [3.05, 3.63) is 20.8 Å². The summed E-state index contributed by atoms with van der Waals surface area (Å²) in [5.74, 6) is 0.0513. The molecule has 0 bridgehead atoms. The number of halogens is 1. The highest BCUT2D eigenvalue weighted by Crippen LogP contribution is 2.26. The molecule has 1 aromatic heterocycles. The van der Waals surface area contributed by atoms with E-state index in [2.05, 4.69) is 42.8 Å². The summed E-state index contributed by atoms with van der Waals surface area (Å²) in [6.45, 7) is 7.47. The van der Waals surface area contributed by atoms with Crippen molar-refractivity contribution in [3.8, 4) is 0 Å². The number of hydrogen-bond donors (Lipinski definition) is 1. The van der Waals surface area contributed by atoms with Gasteiger partial charge in [-0.3, -0.25) is 4.79 Å². The Hall–Kier alpha value is -0.390. The molecule has 1 aromatic rings. The van der Waals surface area contributed by atoms with E-state index in [0.717, 1.165) is 10.9 Å². The van der Waals surface area contributed by atoms with Crippen molar-refractivity contribution < 1.29 is 4.79 Å². The lowest BCUT2D eigenvalue weighted by atomic mass is 9.84. The molecule has 2 N–H and O–H groups in total. The van der Waals surface area contributed by atoms with Gasteiger partial charge in [-0.25, -0.2) is 0 Å². The number of thiophene rings is 1. The first-order chi connectivity index (χ1) is 8.73. The van der Waals surface area contributed by atoms with Crippen LogP contribution in [0.25, 0.3) is 0 Å². The highest BCUT2D eigenvalue weighted by atomic mass is 79.9. The molecule has 0 aliphatic rings. The first kappa shape index (κ1) is 16.7. The molecule has 0 aromatic carbocycles. The van der Waals surface area contributed by atoms with Crippen LogP contribution in [0.2, 0.25) is 0 Å². The van der Waals surface area contributed by atoms with Gasteiger partial charge in [0.05, 0.1) is 12.5 Å². The van der Waals surface area contributed by atoms with Gasteiger partial charge in [-0.05, 0) is 33.8 Å². The average molecular weight is 347 g/mol. The minimum atomic E-state index is -0.0894. The summed E-state index contributed by atoms with van der Waals surface area (Å²) in [6.07, 6.45) is 0.820. The van der Waals surface area contributed by atoms with Crippen LogP contribution in [0.1, 0.15) is 32.1 Å².